The summed E-state index contributed by atoms with van der Waals surface area (Å²) in [7, 11) is 0. The lowest BCUT2D eigenvalue weighted by atomic mass is 9.96. The predicted molar refractivity (Wildman–Crippen MR) is 108 cm³/mol. The molecule has 1 aromatic heterocycles. The largest absolute Gasteiger partial charge is 0.484 e. The second-order valence-corrected chi connectivity index (χ2v) is 8.25. The van der Waals surface area contributed by atoms with Gasteiger partial charge in [-0.15, -0.1) is 11.3 Å². The molecule has 1 saturated heterocycles. The molecule has 1 aliphatic heterocycles. The van der Waals surface area contributed by atoms with Gasteiger partial charge >= 0.3 is 0 Å². The summed E-state index contributed by atoms with van der Waals surface area (Å²) in [5.41, 5.74) is 3.46. The molecule has 0 bridgehead atoms. The number of aryl methyl sites for hydroxylation is 1. The van der Waals surface area contributed by atoms with Crippen LogP contribution in [-0.4, -0.2) is 25.0 Å². The lowest BCUT2D eigenvalue weighted by Gasteiger charge is -2.16. The van der Waals surface area contributed by atoms with Gasteiger partial charge in [-0.3, -0.25) is 9.59 Å². The van der Waals surface area contributed by atoms with Gasteiger partial charge in [0.25, 0.3) is 5.91 Å². The fourth-order valence-electron chi connectivity index (χ4n) is 3.82. The number of carbonyl (C=O) groups is 2. The molecule has 0 atom stereocenters. The molecule has 0 unspecified atom stereocenters. The van der Waals surface area contributed by atoms with Crippen molar-refractivity contribution in [2.24, 2.45) is 0 Å². The van der Waals surface area contributed by atoms with Gasteiger partial charge in [-0.05, 0) is 62.3 Å². The maximum absolute atomic E-state index is 12.4. The van der Waals surface area contributed by atoms with E-state index >= 15 is 0 Å². The van der Waals surface area contributed by atoms with E-state index in [1.807, 2.05) is 24.3 Å². The Labute approximate surface area is 163 Å². The maximum Gasteiger partial charge on any atom is 0.262 e. The zero-order valence-corrected chi connectivity index (χ0v) is 16.4. The van der Waals surface area contributed by atoms with Crippen LogP contribution in [0.5, 0.6) is 5.75 Å². The van der Waals surface area contributed by atoms with E-state index < -0.39 is 0 Å². The molecule has 6 heteroatoms. The molecule has 2 aliphatic rings. The molecule has 1 aliphatic carbocycles. The van der Waals surface area contributed by atoms with Crippen molar-refractivity contribution in [1.29, 1.82) is 0 Å². The van der Waals surface area contributed by atoms with E-state index in [0.29, 0.717) is 12.2 Å². The third-order valence-electron chi connectivity index (χ3n) is 5.26. The average molecular weight is 385 g/mol. The third kappa shape index (κ3) is 3.86. The Morgan fingerprint density at radius 3 is 2.85 bits per heavy atom. The van der Waals surface area contributed by atoms with Crippen molar-refractivity contribution in [1.82, 2.24) is 0 Å². The van der Waals surface area contributed by atoms with Gasteiger partial charge < -0.3 is 15.0 Å². The van der Waals surface area contributed by atoms with E-state index in [1.165, 1.54) is 28.8 Å². The summed E-state index contributed by atoms with van der Waals surface area (Å²) in [5.74, 6) is 0.589. The summed E-state index contributed by atoms with van der Waals surface area (Å²) in [5, 5.41) is 3.96. The summed E-state index contributed by atoms with van der Waals surface area (Å²) in [6, 6.07) is 7.39. The van der Waals surface area contributed by atoms with E-state index in [9.17, 15) is 9.59 Å². The van der Waals surface area contributed by atoms with Crippen LogP contribution in [0.1, 0.15) is 41.7 Å². The number of thiophene rings is 1. The number of benzene rings is 1. The zero-order chi connectivity index (χ0) is 18.8. The monoisotopic (exact) mass is 384 g/mol. The van der Waals surface area contributed by atoms with Crippen molar-refractivity contribution in [2.45, 2.75) is 45.4 Å². The molecular formula is C21H24N2O3S. The molecule has 2 amide bonds. The summed E-state index contributed by atoms with van der Waals surface area (Å²) < 4.78 is 5.67. The van der Waals surface area contributed by atoms with Crippen molar-refractivity contribution < 1.29 is 14.3 Å². The number of amides is 2. The fraction of sp³-hybridized carbons (Fsp3) is 0.429. The highest BCUT2D eigenvalue weighted by molar-refractivity contribution is 7.16. The van der Waals surface area contributed by atoms with Gasteiger partial charge in [-0.25, -0.2) is 0 Å². The third-order valence-corrected chi connectivity index (χ3v) is 6.57. The number of hydrogen-bond donors (Lipinski definition) is 1. The molecule has 4 rings (SSSR count). The number of rotatable bonds is 5. The van der Waals surface area contributed by atoms with Crippen molar-refractivity contribution in [3.8, 4) is 5.75 Å². The highest BCUT2D eigenvalue weighted by Crippen LogP contribution is 2.37. The van der Waals surface area contributed by atoms with Gasteiger partial charge in [-0.2, -0.15) is 0 Å². The smallest absolute Gasteiger partial charge is 0.262 e. The second kappa shape index (κ2) is 7.72. The Hall–Kier alpha value is -2.34. The minimum Gasteiger partial charge on any atom is -0.484 e. The number of nitrogens with one attached hydrogen (secondary N) is 1. The normalized spacial score (nSPS) is 16.3. The Balaban J connectivity index is 1.37. The number of anilines is 2. The quantitative estimate of drug-likeness (QED) is 0.845. The first kappa shape index (κ1) is 18.0. The van der Waals surface area contributed by atoms with Crippen molar-refractivity contribution in [2.75, 3.05) is 23.4 Å². The average Bonchev–Trinajstić information content (AvgIpc) is 3.24. The number of ether oxygens (including phenoxy) is 1. The molecule has 2 aromatic rings. The van der Waals surface area contributed by atoms with Crippen LogP contribution < -0.4 is 15.0 Å². The lowest BCUT2D eigenvalue weighted by molar-refractivity contribution is -0.118. The maximum atomic E-state index is 12.4. The number of fused-ring (bicyclic) bond motifs is 1. The lowest BCUT2D eigenvalue weighted by Crippen LogP contribution is -2.24. The van der Waals surface area contributed by atoms with Crippen LogP contribution >= 0.6 is 11.3 Å². The van der Waals surface area contributed by atoms with Crippen molar-refractivity contribution in [3.63, 3.8) is 0 Å². The summed E-state index contributed by atoms with van der Waals surface area (Å²) in [6.07, 6.45) is 6.19. The first-order valence-electron chi connectivity index (χ1n) is 9.56. The van der Waals surface area contributed by atoms with Crippen LogP contribution in [0.25, 0.3) is 0 Å². The molecule has 1 N–H and O–H groups in total. The van der Waals surface area contributed by atoms with Gasteiger partial charge in [0.05, 0.1) is 5.00 Å². The van der Waals surface area contributed by atoms with E-state index in [-0.39, 0.29) is 18.4 Å². The molecular weight excluding hydrogens is 360 g/mol. The van der Waals surface area contributed by atoms with Gasteiger partial charge in [0.2, 0.25) is 5.91 Å². The van der Waals surface area contributed by atoms with Crippen LogP contribution in [0.15, 0.2) is 24.3 Å². The topological polar surface area (TPSA) is 58.6 Å². The van der Waals surface area contributed by atoms with Gasteiger partial charge in [0, 0.05) is 29.6 Å². The number of carbonyl (C=O) groups excluding carboxylic acids is 2. The highest BCUT2D eigenvalue weighted by atomic mass is 32.1. The predicted octanol–water partition coefficient (Wildman–Crippen LogP) is 4.08. The van der Waals surface area contributed by atoms with Crippen molar-refractivity contribution >= 4 is 33.8 Å². The molecule has 0 radical (unpaired) electrons. The Morgan fingerprint density at radius 1 is 1.22 bits per heavy atom. The number of nitrogens with zero attached hydrogens (tertiary/aromatic N) is 1. The molecule has 1 aromatic carbocycles. The number of hydrogen-bond acceptors (Lipinski definition) is 4. The summed E-state index contributed by atoms with van der Waals surface area (Å²) in [6.45, 7) is 2.79. The highest BCUT2D eigenvalue weighted by Gasteiger charge is 2.22. The van der Waals surface area contributed by atoms with E-state index in [4.69, 9.17) is 4.74 Å². The molecule has 27 heavy (non-hydrogen) atoms. The van der Waals surface area contributed by atoms with Gasteiger partial charge in [0.15, 0.2) is 6.61 Å². The van der Waals surface area contributed by atoms with E-state index in [1.54, 1.807) is 16.2 Å². The molecule has 0 spiro atoms. The Morgan fingerprint density at radius 2 is 2.07 bits per heavy atom. The summed E-state index contributed by atoms with van der Waals surface area (Å²) >= 11 is 1.70. The second-order valence-electron chi connectivity index (χ2n) is 7.15. The Kier molecular flexibility index (Phi) is 5.16. The standard InChI is InChI=1S/C21H24N2O3S/c1-14-17-8-2-3-9-18(17)27-21(14)22-19(24)13-26-16-7-4-6-15(12-16)23-11-5-10-20(23)25/h4,6-7,12H,2-3,5,8-11,13H2,1H3,(H,22,24). The molecule has 2 heterocycles. The molecule has 142 valence electrons. The van der Waals surface area contributed by atoms with Crippen LogP contribution in [0.3, 0.4) is 0 Å². The van der Waals surface area contributed by atoms with Gasteiger partial charge in [-0.1, -0.05) is 6.07 Å². The van der Waals surface area contributed by atoms with Crippen LogP contribution in [0, 0.1) is 6.92 Å². The Bertz CT molecular complexity index is 874. The van der Waals surface area contributed by atoms with Crippen LogP contribution in [0.4, 0.5) is 10.7 Å². The fourth-order valence-corrected chi connectivity index (χ4v) is 5.13. The van der Waals surface area contributed by atoms with E-state index in [0.717, 1.165) is 36.5 Å². The summed E-state index contributed by atoms with van der Waals surface area (Å²) in [4.78, 5) is 27.4. The molecule has 1 fully saturated rings. The SMILES string of the molecule is Cc1c(NC(=O)COc2cccc(N3CCCC3=O)c2)sc2c1CCCC2. The zero-order valence-electron chi connectivity index (χ0n) is 15.5. The van der Waals surface area contributed by atoms with Crippen LogP contribution in [0.2, 0.25) is 0 Å². The first-order chi connectivity index (χ1) is 13.1. The molecule has 5 nitrogen and oxygen atoms in total. The molecule has 0 saturated carbocycles. The first-order valence-corrected chi connectivity index (χ1v) is 10.4. The van der Waals surface area contributed by atoms with Crippen LogP contribution in [-0.2, 0) is 22.4 Å². The van der Waals surface area contributed by atoms with E-state index in [2.05, 4.69) is 12.2 Å². The van der Waals surface area contributed by atoms with Gasteiger partial charge in [0.1, 0.15) is 5.75 Å². The van der Waals surface area contributed by atoms with Crippen molar-refractivity contribution in [3.05, 3.63) is 40.3 Å². The minimum absolute atomic E-state index is 0.0423. The minimum atomic E-state index is -0.153.